The third-order valence-corrected chi connectivity index (χ3v) is 5.97. The molecule has 170 valence electrons. The van der Waals surface area contributed by atoms with Gasteiger partial charge in [0.1, 0.15) is 5.75 Å². The molecule has 31 heavy (non-hydrogen) atoms. The van der Waals surface area contributed by atoms with Gasteiger partial charge in [0, 0.05) is 22.6 Å². The average Bonchev–Trinajstić information content (AvgIpc) is 2.80. The SMILES string of the molecule is CC.CC(C)C(=O)Nc1cccc(C2CCN(CCCOc3ccc(Br)cc3)CC2)c1. The summed E-state index contributed by atoms with van der Waals surface area (Å²) in [6.07, 6.45) is 3.36. The molecule has 1 N–H and O–H groups in total. The van der Waals surface area contributed by atoms with E-state index in [0.717, 1.165) is 61.4 Å². The number of hydrogen-bond donors (Lipinski definition) is 1. The van der Waals surface area contributed by atoms with Crippen LogP contribution in [0, 0.1) is 5.92 Å². The zero-order chi connectivity index (χ0) is 22.6. The second-order valence-corrected chi connectivity index (χ2v) is 8.96. The fourth-order valence-corrected chi connectivity index (χ4v) is 3.92. The smallest absolute Gasteiger partial charge is 0.226 e. The van der Waals surface area contributed by atoms with Crippen LogP contribution in [0.15, 0.2) is 53.0 Å². The molecule has 2 aromatic carbocycles. The maximum absolute atomic E-state index is 11.9. The van der Waals surface area contributed by atoms with Crippen LogP contribution in [0.3, 0.4) is 0 Å². The van der Waals surface area contributed by atoms with E-state index in [4.69, 9.17) is 4.74 Å². The fraction of sp³-hybridized carbons (Fsp3) is 0.500. The second kappa shape index (κ2) is 13.5. The van der Waals surface area contributed by atoms with Crippen molar-refractivity contribution in [1.82, 2.24) is 4.90 Å². The first-order valence-electron chi connectivity index (χ1n) is 11.5. The molecule has 1 heterocycles. The van der Waals surface area contributed by atoms with Gasteiger partial charge in [0.15, 0.2) is 0 Å². The number of likely N-dealkylation sites (tertiary alicyclic amines) is 1. The number of rotatable bonds is 8. The number of anilines is 1. The molecule has 0 saturated carbocycles. The van der Waals surface area contributed by atoms with Gasteiger partial charge in [-0.25, -0.2) is 0 Å². The lowest BCUT2D eigenvalue weighted by molar-refractivity contribution is -0.118. The maximum atomic E-state index is 11.9. The highest BCUT2D eigenvalue weighted by Crippen LogP contribution is 2.29. The van der Waals surface area contributed by atoms with Crippen LogP contribution < -0.4 is 10.1 Å². The molecular weight excluding hydrogens is 452 g/mol. The van der Waals surface area contributed by atoms with Gasteiger partial charge in [0.25, 0.3) is 0 Å². The molecule has 0 bridgehead atoms. The number of nitrogens with one attached hydrogen (secondary N) is 1. The van der Waals surface area contributed by atoms with Crippen molar-refractivity contribution in [3.63, 3.8) is 0 Å². The van der Waals surface area contributed by atoms with Crippen LogP contribution in [-0.4, -0.2) is 37.0 Å². The Morgan fingerprint density at radius 3 is 2.45 bits per heavy atom. The molecule has 0 spiro atoms. The predicted octanol–water partition coefficient (Wildman–Crippen LogP) is 6.72. The number of benzene rings is 2. The Hall–Kier alpha value is -1.85. The lowest BCUT2D eigenvalue weighted by Crippen LogP contribution is -2.34. The molecule has 0 aliphatic carbocycles. The normalized spacial score (nSPS) is 14.6. The van der Waals surface area contributed by atoms with Crippen molar-refractivity contribution in [1.29, 1.82) is 0 Å². The molecule has 2 aromatic rings. The summed E-state index contributed by atoms with van der Waals surface area (Å²) < 4.78 is 6.89. The molecule has 1 aliphatic heterocycles. The van der Waals surface area contributed by atoms with Gasteiger partial charge in [-0.05, 0) is 80.2 Å². The fourth-order valence-electron chi connectivity index (χ4n) is 3.66. The van der Waals surface area contributed by atoms with Crippen LogP contribution in [0.2, 0.25) is 0 Å². The molecule has 1 saturated heterocycles. The number of amides is 1. The van der Waals surface area contributed by atoms with Gasteiger partial charge in [-0.3, -0.25) is 4.79 Å². The lowest BCUT2D eigenvalue weighted by Gasteiger charge is -2.32. The van der Waals surface area contributed by atoms with Crippen molar-refractivity contribution >= 4 is 27.5 Å². The van der Waals surface area contributed by atoms with Crippen LogP contribution in [0.25, 0.3) is 0 Å². The quantitative estimate of drug-likeness (QED) is 0.419. The van der Waals surface area contributed by atoms with E-state index >= 15 is 0 Å². The number of ether oxygens (including phenoxy) is 1. The second-order valence-electron chi connectivity index (χ2n) is 8.04. The topological polar surface area (TPSA) is 41.6 Å². The summed E-state index contributed by atoms with van der Waals surface area (Å²) in [6, 6.07) is 16.4. The Bertz CT molecular complexity index is 784. The molecule has 3 rings (SSSR count). The standard InChI is InChI=1S/C24H31BrN2O2.C2H6/c1-18(2)24(28)26-22-6-3-5-20(17-22)19-11-14-27(15-12-19)13-4-16-29-23-9-7-21(25)8-10-23;1-2/h3,5-10,17-19H,4,11-16H2,1-2H3,(H,26,28);1-2H3. The third-order valence-electron chi connectivity index (χ3n) is 5.44. The lowest BCUT2D eigenvalue weighted by atomic mass is 9.89. The van der Waals surface area contributed by atoms with Crippen LogP contribution in [0.1, 0.15) is 58.4 Å². The van der Waals surface area contributed by atoms with Gasteiger partial charge in [-0.1, -0.05) is 55.8 Å². The first kappa shape index (κ1) is 25.4. The molecule has 1 amide bonds. The molecule has 1 fully saturated rings. The van der Waals surface area contributed by atoms with Gasteiger partial charge in [-0.15, -0.1) is 0 Å². The van der Waals surface area contributed by atoms with Gasteiger partial charge >= 0.3 is 0 Å². The van der Waals surface area contributed by atoms with Crippen LogP contribution in [-0.2, 0) is 4.79 Å². The number of piperidine rings is 1. The van der Waals surface area contributed by atoms with Crippen molar-refractivity contribution in [2.75, 3.05) is 31.6 Å². The monoisotopic (exact) mass is 488 g/mol. The van der Waals surface area contributed by atoms with E-state index in [-0.39, 0.29) is 11.8 Å². The highest BCUT2D eigenvalue weighted by molar-refractivity contribution is 9.10. The summed E-state index contributed by atoms with van der Waals surface area (Å²) in [5.41, 5.74) is 2.25. The number of carbonyl (C=O) groups is 1. The molecular formula is C26H37BrN2O2. The first-order valence-corrected chi connectivity index (χ1v) is 12.3. The van der Waals surface area contributed by atoms with Crippen molar-refractivity contribution < 1.29 is 9.53 Å². The Morgan fingerprint density at radius 1 is 1.13 bits per heavy atom. The zero-order valence-corrected chi connectivity index (χ0v) is 21.0. The van der Waals surface area contributed by atoms with Crippen molar-refractivity contribution in [2.45, 2.75) is 52.9 Å². The Labute approximate surface area is 196 Å². The largest absolute Gasteiger partial charge is 0.494 e. The molecule has 0 atom stereocenters. The van der Waals surface area contributed by atoms with E-state index in [0.29, 0.717) is 5.92 Å². The molecule has 0 aromatic heterocycles. The summed E-state index contributed by atoms with van der Waals surface area (Å²) in [5, 5.41) is 3.01. The van der Waals surface area contributed by atoms with Gasteiger partial charge < -0.3 is 15.0 Å². The zero-order valence-electron chi connectivity index (χ0n) is 19.4. The number of carbonyl (C=O) groups excluding carboxylic acids is 1. The molecule has 0 unspecified atom stereocenters. The van der Waals surface area contributed by atoms with E-state index in [2.05, 4.69) is 44.3 Å². The van der Waals surface area contributed by atoms with Crippen LogP contribution >= 0.6 is 15.9 Å². The Kier molecular flexibility index (Phi) is 11.1. The minimum Gasteiger partial charge on any atom is -0.494 e. The van der Waals surface area contributed by atoms with Gasteiger partial charge in [-0.2, -0.15) is 0 Å². The van der Waals surface area contributed by atoms with Crippen molar-refractivity contribution in [2.24, 2.45) is 5.92 Å². The molecule has 0 radical (unpaired) electrons. The third kappa shape index (κ3) is 8.66. The van der Waals surface area contributed by atoms with Gasteiger partial charge in [0.05, 0.1) is 6.61 Å². The van der Waals surface area contributed by atoms with E-state index in [9.17, 15) is 4.79 Å². The van der Waals surface area contributed by atoms with E-state index < -0.39 is 0 Å². The summed E-state index contributed by atoms with van der Waals surface area (Å²) in [6.45, 7) is 11.9. The number of halogens is 1. The summed E-state index contributed by atoms with van der Waals surface area (Å²) in [7, 11) is 0. The average molecular weight is 489 g/mol. The summed E-state index contributed by atoms with van der Waals surface area (Å²) in [5.74, 6) is 1.56. The number of hydrogen-bond acceptors (Lipinski definition) is 3. The molecule has 4 nitrogen and oxygen atoms in total. The summed E-state index contributed by atoms with van der Waals surface area (Å²) >= 11 is 3.44. The van der Waals surface area contributed by atoms with E-state index in [1.807, 2.05) is 58.0 Å². The Balaban J connectivity index is 0.00000166. The van der Waals surface area contributed by atoms with E-state index in [1.54, 1.807) is 0 Å². The van der Waals surface area contributed by atoms with Crippen molar-refractivity contribution in [3.05, 3.63) is 58.6 Å². The van der Waals surface area contributed by atoms with Crippen LogP contribution in [0.5, 0.6) is 5.75 Å². The highest BCUT2D eigenvalue weighted by atomic mass is 79.9. The summed E-state index contributed by atoms with van der Waals surface area (Å²) in [4.78, 5) is 14.5. The minimum absolute atomic E-state index is 0.00496. The first-order chi connectivity index (χ1) is 15.0. The predicted molar refractivity (Wildman–Crippen MR) is 134 cm³/mol. The Morgan fingerprint density at radius 2 is 1.81 bits per heavy atom. The van der Waals surface area contributed by atoms with Crippen LogP contribution in [0.4, 0.5) is 5.69 Å². The highest BCUT2D eigenvalue weighted by Gasteiger charge is 2.20. The van der Waals surface area contributed by atoms with Crippen molar-refractivity contribution in [3.8, 4) is 5.75 Å². The van der Waals surface area contributed by atoms with Gasteiger partial charge in [0.2, 0.25) is 5.91 Å². The molecule has 1 aliphatic rings. The van der Waals surface area contributed by atoms with E-state index in [1.165, 1.54) is 5.56 Å². The minimum atomic E-state index is -0.00496. The molecule has 5 heteroatoms. The maximum Gasteiger partial charge on any atom is 0.226 e. The number of nitrogens with zero attached hydrogens (tertiary/aromatic N) is 1.